The number of benzene rings is 1. The molecule has 0 atom stereocenters. The molecule has 0 fully saturated rings. The molecule has 0 unspecified atom stereocenters. The molecular formula is C19H22N4O5. The highest BCUT2D eigenvalue weighted by Crippen LogP contribution is 2.15. The quantitative estimate of drug-likeness (QED) is 0.541. The van der Waals surface area contributed by atoms with Crippen molar-refractivity contribution in [3.8, 4) is 0 Å². The van der Waals surface area contributed by atoms with Crippen LogP contribution in [0.5, 0.6) is 0 Å². The molecule has 0 spiro atoms. The summed E-state index contributed by atoms with van der Waals surface area (Å²) in [6.45, 7) is 2.04. The van der Waals surface area contributed by atoms with Gasteiger partial charge in [0.05, 0.1) is 0 Å². The lowest BCUT2D eigenvalue weighted by molar-refractivity contribution is -0.136. The molecule has 0 aliphatic heterocycles. The van der Waals surface area contributed by atoms with Crippen molar-refractivity contribution in [2.45, 2.75) is 13.3 Å². The number of hydrogen-bond donors (Lipinski definition) is 4. The normalized spacial score (nSPS) is 10.1. The van der Waals surface area contributed by atoms with E-state index in [1.165, 1.54) is 32.3 Å². The lowest BCUT2D eigenvalue weighted by Gasteiger charge is -2.10. The molecule has 28 heavy (non-hydrogen) atoms. The second kappa shape index (κ2) is 9.36. The summed E-state index contributed by atoms with van der Waals surface area (Å²) < 4.78 is 5.39. The van der Waals surface area contributed by atoms with E-state index in [4.69, 9.17) is 4.42 Å². The van der Waals surface area contributed by atoms with Gasteiger partial charge in [-0.2, -0.15) is 0 Å². The summed E-state index contributed by atoms with van der Waals surface area (Å²) in [5.41, 5.74) is 0.501. The minimum absolute atomic E-state index is 0.154. The SMILES string of the molecule is CNC(=O)c1cc(NC(=O)C(=O)NCCc2ccc(C)o2)cc(C(=O)NC)c1. The fourth-order valence-corrected chi connectivity index (χ4v) is 2.44. The van der Waals surface area contributed by atoms with Crippen LogP contribution in [0.4, 0.5) is 5.69 Å². The second-order valence-corrected chi connectivity index (χ2v) is 5.93. The maximum absolute atomic E-state index is 12.1. The molecule has 0 saturated carbocycles. The van der Waals surface area contributed by atoms with Crippen molar-refractivity contribution in [1.82, 2.24) is 16.0 Å². The Labute approximate surface area is 161 Å². The Morgan fingerprint density at radius 1 is 0.893 bits per heavy atom. The highest BCUT2D eigenvalue weighted by Gasteiger charge is 2.17. The number of carbonyl (C=O) groups excluding carboxylic acids is 4. The van der Waals surface area contributed by atoms with Crippen molar-refractivity contribution in [3.05, 3.63) is 53.0 Å². The predicted molar refractivity (Wildman–Crippen MR) is 102 cm³/mol. The average molecular weight is 386 g/mol. The van der Waals surface area contributed by atoms with E-state index in [2.05, 4.69) is 21.3 Å². The number of anilines is 1. The first-order valence-electron chi connectivity index (χ1n) is 8.57. The molecule has 9 nitrogen and oxygen atoms in total. The van der Waals surface area contributed by atoms with Crippen LogP contribution in [0, 0.1) is 6.92 Å². The van der Waals surface area contributed by atoms with Crippen LogP contribution >= 0.6 is 0 Å². The lowest BCUT2D eigenvalue weighted by atomic mass is 10.1. The fraction of sp³-hybridized carbons (Fsp3) is 0.263. The molecule has 0 aliphatic carbocycles. The van der Waals surface area contributed by atoms with E-state index in [0.717, 1.165) is 5.76 Å². The Kier molecular flexibility index (Phi) is 6.91. The van der Waals surface area contributed by atoms with Gasteiger partial charge in [-0.3, -0.25) is 19.2 Å². The smallest absolute Gasteiger partial charge is 0.313 e. The first-order valence-corrected chi connectivity index (χ1v) is 8.57. The molecule has 9 heteroatoms. The van der Waals surface area contributed by atoms with Crippen molar-refractivity contribution >= 4 is 29.3 Å². The summed E-state index contributed by atoms with van der Waals surface area (Å²) in [7, 11) is 2.89. The van der Waals surface area contributed by atoms with Crippen molar-refractivity contribution in [3.63, 3.8) is 0 Å². The fourth-order valence-electron chi connectivity index (χ4n) is 2.44. The Balaban J connectivity index is 2.03. The van der Waals surface area contributed by atoms with Crippen molar-refractivity contribution < 1.29 is 23.6 Å². The van der Waals surface area contributed by atoms with E-state index in [1.54, 1.807) is 6.07 Å². The zero-order chi connectivity index (χ0) is 20.7. The summed E-state index contributed by atoms with van der Waals surface area (Å²) in [6, 6.07) is 7.75. The molecule has 1 aromatic heterocycles. The van der Waals surface area contributed by atoms with E-state index in [-0.39, 0.29) is 23.4 Å². The van der Waals surface area contributed by atoms with Crippen molar-refractivity contribution in [1.29, 1.82) is 0 Å². The van der Waals surface area contributed by atoms with E-state index < -0.39 is 23.6 Å². The lowest BCUT2D eigenvalue weighted by Crippen LogP contribution is -2.36. The minimum atomic E-state index is -0.910. The van der Waals surface area contributed by atoms with Crippen molar-refractivity contribution in [2.75, 3.05) is 26.0 Å². The van der Waals surface area contributed by atoms with Crippen LogP contribution in [-0.2, 0) is 16.0 Å². The number of nitrogens with one attached hydrogen (secondary N) is 4. The van der Waals surface area contributed by atoms with Gasteiger partial charge in [0.25, 0.3) is 11.8 Å². The molecule has 1 heterocycles. The molecule has 0 saturated heterocycles. The number of hydrogen-bond acceptors (Lipinski definition) is 5. The largest absolute Gasteiger partial charge is 0.466 e. The van der Waals surface area contributed by atoms with Gasteiger partial charge in [0, 0.05) is 43.9 Å². The Hall–Kier alpha value is -3.62. The summed E-state index contributed by atoms with van der Waals surface area (Å²) in [5.74, 6) is -1.14. The highest BCUT2D eigenvalue weighted by molar-refractivity contribution is 6.39. The van der Waals surface area contributed by atoms with Crippen LogP contribution < -0.4 is 21.3 Å². The van der Waals surface area contributed by atoms with Gasteiger partial charge in [0.2, 0.25) is 0 Å². The minimum Gasteiger partial charge on any atom is -0.466 e. The number of furan rings is 1. The third-order valence-electron chi connectivity index (χ3n) is 3.83. The maximum atomic E-state index is 12.1. The highest BCUT2D eigenvalue weighted by atomic mass is 16.3. The van der Waals surface area contributed by atoms with Crippen molar-refractivity contribution in [2.24, 2.45) is 0 Å². The van der Waals surface area contributed by atoms with Gasteiger partial charge in [-0.25, -0.2) is 0 Å². The molecule has 148 valence electrons. The van der Waals surface area contributed by atoms with Gasteiger partial charge in [-0.1, -0.05) is 0 Å². The number of amides is 4. The standard InChI is InChI=1S/C19H22N4O5/c1-11-4-5-15(28-11)6-7-22-18(26)19(27)23-14-9-12(16(24)20-2)8-13(10-14)17(25)21-3/h4-5,8-10H,6-7H2,1-3H3,(H,20,24)(H,21,25)(H,22,26)(H,23,27). The van der Waals surface area contributed by atoms with E-state index >= 15 is 0 Å². The second-order valence-electron chi connectivity index (χ2n) is 5.93. The molecule has 0 aliphatic rings. The Morgan fingerprint density at radius 3 is 2.00 bits per heavy atom. The first-order chi connectivity index (χ1) is 13.3. The zero-order valence-corrected chi connectivity index (χ0v) is 15.8. The molecule has 0 radical (unpaired) electrons. The average Bonchev–Trinajstić information content (AvgIpc) is 3.11. The third-order valence-corrected chi connectivity index (χ3v) is 3.83. The van der Waals surface area contributed by atoms with Crippen LogP contribution in [0.3, 0.4) is 0 Å². The van der Waals surface area contributed by atoms with Crippen LogP contribution in [0.15, 0.2) is 34.7 Å². The van der Waals surface area contributed by atoms with Crippen LogP contribution in [0.25, 0.3) is 0 Å². The van der Waals surface area contributed by atoms with Gasteiger partial charge in [0.15, 0.2) is 0 Å². The van der Waals surface area contributed by atoms with Gasteiger partial charge in [0.1, 0.15) is 11.5 Å². The van der Waals surface area contributed by atoms with Crippen LogP contribution in [-0.4, -0.2) is 44.3 Å². The predicted octanol–water partition coefficient (Wildman–Crippen LogP) is 0.605. The maximum Gasteiger partial charge on any atom is 0.313 e. The first kappa shape index (κ1) is 20.7. The monoisotopic (exact) mass is 386 g/mol. The van der Waals surface area contributed by atoms with E-state index in [0.29, 0.717) is 12.2 Å². The van der Waals surface area contributed by atoms with E-state index in [9.17, 15) is 19.2 Å². The topological polar surface area (TPSA) is 130 Å². The molecule has 0 bridgehead atoms. The number of carbonyl (C=O) groups is 4. The molecule has 1 aromatic carbocycles. The summed E-state index contributed by atoms with van der Waals surface area (Å²) >= 11 is 0. The molecule has 2 rings (SSSR count). The molecular weight excluding hydrogens is 364 g/mol. The molecule has 4 amide bonds. The van der Waals surface area contributed by atoms with Gasteiger partial charge in [-0.05, 0) is 37.3 Å². The van der Waals surface area contributed by atoms with Gasteiger partial charge >= 0.3 is 11.8 Å². The number of rotatable bonds is 6. The number of aryl methyl sites for hydroxylation is 1. The van der Waals surface area contributed by atoms with Gasteiger partial charge in [-0.15, -0.1) is 0 Å². The molecule has 2 aromatic rings. The third kappa shape index (κ3) is 5.44. The summed E-state index contributed by atoms with van der Waals surface area (Å²) in [4.78, 5) is 47.9. The molecule has 4 N–H and O–H groups in total. The van der Waals surface area contributed by atoms with Gasteiger partial charge < -0.3 is 25.7 Å². The van der Waals surface area contributed by atoms with E-state index in [1.807, 2.05) is 13.0 Å². The van der Waals surface area contributed by atoms with Crippen LogP contribution in [0.2, 0.25) is 0 Å². The Morgan fingerprint density at radius 2 is 1.50 bits per heavy atom. The Bertz CT molecular complexity index is 869. The summed E-state index contributed by atoms with van der Waals surface area (Å²) in [6.07, 6.45) is 0.444. The summed E-state index contributed by atoms with van der Waals surface area (Å²) in [5, 5.41) is 9.77. The van der Waals surface area contributed by atoms with Crippen LogP contribution in [0.1, 0.15) is 32.2 Å². The zero-order valence-electron chi connectivity index (χ0n) is 15.8.